The summed E-state index contributed by atoms with van der Waals surface area (Å²) in [5.41, 5.74) is 3.24. The summed E-state index contributed by atoms with van der Waals surface area (Å²) in [4.78, 5) is 6.66. The fourth-order valence-electron chi connectivity index (χ4n) is 4.39. The molecule has 0 amide bonds. The van der Waals surface area contributed by atoms with Gasteiger partial charge in [0.2, 0.25) is 5.82 Å². The lowest BCUT2D eigenvalue weighted by molar-refractivity contribution is 0.0962. The Kier molecular flexibility index (Phi) is 6.30. The smallest absolute Gasteiger partial charge is 0.258 e. The molecule has 3 heterocycles. The van der Waals surface area contributed by atoms with Crippen molar-refractivity contribution in [1.29, 1.82) is 0 Å². The standard InChI is InChI=1S/C25H25FN4O3S/c1-15-21(24-28-23(29-33-24)17-5-3-6-18(26)13-17)22(16-8-10-19(31-2)11-9-16)27-25(34)30(15)14-20-7-4-12-32-20/h3,5-6,8-11,13,20,22H,4,7,12,14H2,1-2H3,(H,27,34). The Balaban J connectivity index is 1.56. The second-order valence-electron chi connectivity index (χ2n) is 8.33. The fraction of sp³-hybridized carbons (Fsp3) is 0.320. The molecule has 5 rings (SSSR count). The summed E-state index contributed by atoms with van der Waals surface area (Å²) in [6.45, 7) is 3.41. The van der Waals surface area contributed by atoms with Crippen LogP contribution in [0.3, 0.4) is 0 Å². The Morgan fingerprint density at radius 2 is 2.06 bits per heavy atom. The Labute approximate surface area is 202 Å². The molecule has 176 valence electrons. The number of benzene rings is 2. The molecule has 3 aromatic rings. The molecule has 2 aliphatic heterocycles. The minimum atomic E-state index is -0.359. The molecule has 34 heavy (non-hydrogen) atoms. The molecule has 0 spiro atoms. The molecule has 1 saturated heterocycles. The van der Waals surface area contributed by atoms with Gasteiger partial charge in [0, 0.05) is 17.9 Å². The van der Waals surface area contributed by atoms with Crippen molar-refractivity contribution in [2.24, 2.45) is 0 Å². The van der Waals surface area contributed by atoms with E-state index in [4.69, 9.17) is 26.2 Å². The van der Waals surface area contributed by atoms with E-state index in [-0.39, 0.29) is 18.0 Å². The largest absolute Gasteiger partial charge is 0.497 e. The molecule has 1 aromatic heterocycles. The number of hydrogen-bond acceptors (Lipinski definition) is 6. The molecule has 7 nitrogen and oxygen atoms in total. The maximum atomic E-state index is 13.8. The van der Waals surface area contributed by atoms with Crippen LogP contribution < -0.4 is 10.1 Å². The lowest BCUT2D eigenvalue weighted by atomic mass is 9.94. The van der Waals surface area contributed by atoms with Gasteiger partial charge in [0.15, 0.2) is 5.11 Å². The van der Waals surface area contributed by atoms with Gasteiger partial charge in [-0.15, -0.1) is 0 Å². The summed E-state index contributed by atoms with van der Waals surface area (Å²) < 4.78 is 30.6. The van der Waals surface area contributed by atoms with Gasteiger partial charge in [-0.2, -0.15) is 4.98 Å². The molecule has 0 aliphatic carbocycles. The molecule has 1 N–H and O–H groups in total. The maximum Gasteiger partial charge on any atom is 0.258 e. The van der Waals surface area contributed by atoms with Crippen molar-refractivity contribution in [3.05, 3.63) is 71.5 Å². The van der Waals surface area contributed by atoms with Gasteiger partial charge in [0.25, 0.3) is 5.89 Å². The van der Waals surface area contributed by atoms with Gasteiger partial charge in [0.05, 0.1) is 31.4 Å². The zero-order valence-electron chi connectivity index (χ0n) is 19.0. The molecule has 2 unspecified atom stereocenters. The first kappa shape index (κ1) is 22.5. The summed E-state index contributed by atoms with van der Waals surface area (Å²) in [5, 5.41) is 8.19. The van der Waals surface area contributed by atoms with Crippen LogP contribution in [0.1, 0.15) is 37.3 Å². The average molecular weight is 481 g/mol. The number of aromatic nitrogens is 2. The van der Waals surface area contributed by atoms with E-state index >= 15 is 0 Å². The molecule has 0 saturated carbocycles. The summed E-state index contributed by atoms with van der Waals surface area (Å²) in [7, 11) is 1.63. The number of hydrogen-bond donors (Lipinski definition) is 1. The summed E-state index contributed by atoms with van der Waals surface area (Å²) in [5.74, 6) is 1.07. The first-order valence-corrected chi connectivity index (χ1v) is 11.6. The zero-order valence-corrected chi connectivity index (χ0v) is 19.8. The highest BCUT2D eigenvalue weighted by Crippen LogP contribution is 2.38. The van der Waals surface area contributed by atoms with Gasteiger partial charge in [0.1, 0.15) is 11.6 Å². The molecule has 2 aliphatic rings. The maximum absolute atomic E-state index is 13.8. The van der Waals surface area contributed by atoms with Crippen LogP contribution in [0.2, 0.25) is 0 Å². The van der Waals surface area contributed by atoms with Crippen LogP contribution in [0.15, 0.2) is 58.8 Å². The fourth-order valence-corrected chi connectivity index (χ4v) is 4.72. The van der Waals surface area contributed by atoms with Crippen LogP contribution in [-0.2, 0) is 4.74 Å². The molecule has 9 heteroatoms. The first-order valence-electron chi connectivity index (χ1n) is 11.2. The number of nitrogens with zero attached hydrogens (tertiary/aromatic N) is 3. The quantitative estimate of drug-likeness (QED) is 0.508. The Hall–Kier alpha value is -3.30. The Morgan fingerprint density at radius 3 is 2.76 bits per heavy atom. The third-order valence-corrected chi connectivity index (χ3v) is 6.53. The predicted molar refractivity (Wildman–Crippen MR) is 129 cm³/mol. The highest BCUT2D eigenvalue weighted by atomic mass is 32.1. The number of allylic oxidation sites excluding steroid dienone is 1. The van der Waals surface area contributed by atoms with E-state index in [1.54, 1.807) is 19.2 Å². The second kappa shape index (κ2) is 9.52. The van der Waals surface area contributed by atoms with Crippen molar-refractivity contribution < 1.29 is 18.4 Å². The SMILES string of the molecule is COc1ccc(C2NC(=S)N(CC3CCCO3)C(C)=C2c2nc(-c3cccc(F)c3)no2)cc1. The molecule has 0 bridgehead atoms. The molecule has 2 aromatic carbocycles. The van der Waals surface area contributed by atoms with Crippen molar-refractivity contribution in [2.75, 3.05) is 20.3 Å². The third-order valence-electron chi connectivity index (χ3n) is 6.19. The highest BCUT2D eigenvalue weighted by Gasteiger charge is 2.35. The van der Waals surface area contributed by atoms with Crippen molar-refractivity contribution >= 4 is 22.9 Å². The average Bonchev–Trinajstić information content (AvgIpc) is 3.54. The number of methoxy groups -OCH3 is 1. The third kappa shape index (κ3) is 4.41. The van der Waals surface area contributed by atoms with E-state index < -0.39 is 0 Å². The minimum absolute atomic E-state index is 0.110. The van der Waals surface area contributed by atoms with Crippen molar-refractivity contribution in [1.82, 2.24) is 20.4 Å². The number of rotatable bonds is 6. The topological polar surface area (TPSA) is 72.7 Å². The Bertz CT molecular complexity index is 1220. The molecular formula is C25H25FN4O3S. The summed E-state index contributed by atoms with van der Waals surface area (Å²) >= 11 is 5.76. The molecule has 1 fully saturated rings. The van der Waals surface area contributed by atoms with Crippen LogP contribution in [0.25, 0.3) is 17.0 Å². The van der Waals surface area contributed by atoms with Gasteiger partial charge in [-0.3, -0.25) is 0 Å². The van der Waals surface area contributed by atoms with Gasteiger partial charge >= 0.3 is 0 Å². The van der Waals surface area contributed by atoms with Crippen LogP contribution in [-0.4, -0.2) is 46.5 Å². The van der Waals surface area contributed by atoms with Gasteiger partial charge in [-0.05, 0) is 61.8 Å². The van der Waals surface area contributed by atoms with E-state index in [1.165, 1.54) is 12.1 Å². The highest BCUT2D eigenvalue weighted by molar-refractivity contribution is 7.80. The van der Waals surface area contributed by atoms with E-state index in [2.05, 4.69) is 15.5 Å². The Morgan fingerprint density at radius 1 is 1.24 bits per heavy atom. The van der Waals surface area contributed by atoms with Crippen molar-refractivity contribution in [3.8, 4) is 17.1 Å². The summed E-state index contributed by atoms with van der Waals surface area (Å²) in [6.07, 6.45) is 2.15. The van der Waals surface area contributed by atoms with E-state index in [0.29, 0.717) is 28.9 Å². The van der Waals surface area contributed by atoms with E-state index in [1.807, 2.05) is 36.1 Å². The summed E-state index contributed by atoms with van der Waals surface area (Å²) in [6, 6.07) is 13.6. The molecular weight excluding hydrogens is 455 g/mol. The van der Waals surface area contributed by atoms with Crippen LogP contribution in [0, 0.1) is 5.82 Å². The minimum Gasteiger partial charge on any atom is -0.497 e. The number of ether oxygens (including phenoxy) is 2. The normalized spacial score (nSPS) is 20.6. The van der Waals surface area contributed by atoms with Crippen LogP contribution in [0.5, 0.6) is 5.75 Å². The molecule has 0 radical (unpaired) electrons. The number of thiocarbonyl (C=S) groups is 1. The predicted octanol–water partition coefficient (Wildman–Crippen LogP) is 4.73. The lowest BCUT2D eigenvalue weighted by Crippen LogP contribution is -2.48. The monoisotopic (exact) mass is 480 g/mol. The van der Waals surface area contributed by atoms with Crippen molar-refractivity contribution in [2.45, 2.75) is 31.9 Å². The van der Waals surface area contributed by atoms with E-state index in [0.717, 1.165) is 42.0 Å². The first-order chi connectivity index (χ1) is 16.5. The van der Waals surface area contributed by atoms with Gasteiger partial charge in [-0.1, -0.05) is 29.4 Å². The number of halogens is 1. The van der Waals surface area contributed by atoms with E-state index in [9.17, 15) is 4.39 Å². The van der Waals surface area contributed by atoms with Gasteiger partial charge in [-0.25, -0.2) is 4.39 Å². The van der Waals surface area contributed by atoms with Gasteiger partial charge < -0.3 is 24.2 Å². The second-order valence-corrected chi connectivity index (χ2v) is 8.72. The van der Waals surface area contributed by atoms with Crippen LogP contribution >= 0.6 is 12.2 Å². The lowest BCUT2D eigenvalue weighted by Gasteiger charge is -2.38. The number of nitrogens with one attached hydrogen (secondary N) is 1. The van der Waals surface area contributed by atoms with Crippen LogP contribution in [0.4, 0.5) is 4.39 Å². The zero-order chi connectivity index (χ0) is 23.7. The van der Waals surface area contributed by atoms with Crippen molar-refractivity contribution in [3.63, 3.8) is 0 Å². The molecule has 2 atom stereocenters.